The van der Waals surface area contributed by atoms with E-state index in [2.05, 4.69) is 31.1 Å². The van der Waals surface area contributed by atoms with Crippen LogP contribution in [0.2, 0.25) is 0 Å². The van der Waals surface area contributed by atoms with E-state index < -0.39 is 0 Å². The molecule has 0 aromatic carbocycles. The smallest absolute Gasteiger partial charge is 0.273 e. The van der Waals surface area contributed by atoms with Gasteiger partial charge in [0.05, 0.1) is 0 Å². The zero-order chi connectivity index (χ0) is 17.1. The number of rotatable bonds is 7. The molecule has 9 nitrogen and oxygen atoms in total. The second kappa shape index (κ2) is 6.71. The van der Waals surface area contributed by atoms with Crippen molar-refractivity contribution in [1.82, 2.24) is 30.5 Å². The summed E-state index contributed by atoms with van der Waals surface area (Å²) < 4.78 is 6.81. The molecular formula is C16H17N7O2. The summed E-state index contributed by atoms with van der Waals surface area (Å²) in [5, 5.41) is 21.9. The van der Waals surface area contributed by atoms with E-state index in [9.17, 15) is 4.79 Å². The van der Waals surface area contributed by atoms with Gasteiger partial charge in [-0.25, -0.2) is 4.68 Å². The zero-order valence-corrected chi connectivity index (χ0v) is 13.4. The first-order valence-electron chi connectivity index (χ1n) is 8.12. The third-order valence-corrected chi connectivity index (χ3v) is 3.85. The number of amides is 1. The van der Waals surface area contributed by atoms with Crippen molar-refractivity contribution in [2.45, 2.75) is 18.8 Å². The third kappa shape index (κ3) is 3.65. The molecule has 0 spiro atoms. The highest BCUT2D eigenvalue weighted by atomic mass is 16.5. The summed E-state index contributed by atoms with van der Waals surface area (Å²) >= 11 is 0. The van der Waals surface area contributed by atoms with Gasteiger partial charge in [-0.1, -0.05) is 5.16 Å². The van der Waals surface area contributed by atoms with Crippen molar-refractivity contribution in [3.8, 4) is 5.82 Å². The first-order chi connectivity index (χ1) is 12.3. The monoisotopic (exact) mass is 339 g/mol. The molecule has 25 heavy (non-hydrogen) atoms. The summed E-state index contributed by atoms with van der Waals surface area (Å²) in [7, 11) is 0. The maximum absolute atomic E-state index is 12.0. The Morgan fingerprint density at radius 1 is 1.28 bits per heavy atom. The summed E-state index contributed by atoms with van der Waals surface area (Å²) in [4.78, 5) is 12.0. The Morgan fingerprint density at radius 3 is 2.92 bits per heavy atom. The molecule has 3 aromatic rings. The van der Waals surface area contributed by atoms with Gasteiger partial charge in [-0.05, 0) is 31.0 Å². The first kappa shape index (κ1) is 15.3. The largest absolute Gasteiger partial charge is 0.367 e. The lowest BCUT2D eigenvalue weighted by molar-refractivity contribution is 0.0946. The Morgan fingerprint density at radius 2 is 2.20 bits per heavy atom. The van der Waals surface area contributed by atoms with E-state index in [1.54, 1.807) is 23.1 Å². The number of anilines is 1. The molecule has 4 rings (SSSR count). The van der Waals surface area contributed by atoms with E-state index in [1.807, 2.05) is 18.2 Å². The van der Waals surface area contributed by atoms with Gasteiger partial charge in [-0.2, -0.15) is 5.10 Å². The normalized spacial score (nSPS) is 13.6. The van der Waals surface area contributed by atoms with Gasteiger partial charge in [0.2, 0.25) is 0 Å². The maximum Gasteiger partial charge on any atom is 0.273 e. The molecule has 1 amide bonds. The van der Waals surface area contributed by atoms with Crippen LogP contribution < -0.4 is 10.6 Å². The lowest BCUT2D eigenvalue weighted by Gasteiger charge is -2.06. The van der Waals surface area contributed by atoms with Crippen molar-refractivity contribution in [1.29, 1.82) is 0 Å². The fourth-order valence-corrected chi connectivity index (χ4v) is 2.36. The van der Waals surface area contributed by atoms with Gasteiger partial charge in [0.15, 0.2) is 11.5 Å². The minimum Gasteiger partial charge on any atom is -0.367 e. The van der Waals surface area contributed by atoms with E-state index in [4.69, 9.17) is 4.52 Å². The van der Waals surface area contributed by atoms with Gasteiger partial charge in [-0.3, -0.25) is 4.79 Å². The molecule has 0 unspecified atom stereocenters. The summed E-state index contributed by atoms with van der Waals surface area (Å²) in [6.45, 7) is 0.960. The molecule has 1 aliphatic rings. The topological polar surface area (TPSA) is 111 Å². The Kier molecular flexibility index (Phi) is 4.11. The standard InChI is InChI=1S/C16H17N7O2/c24-16(12-10-13(25-22-12)11-2-3-11)18-8-7-17-14-4-5-15(21-20-14)23-9-1-6-19-23/h1,4-6,9-11H,2-3,7-8H2,(H,17,20)(H,18,24). The van der Waals surface area contributed by atoms with Crippen LogP contribution in [0.15, 0.2) is 41.2 Å². The first-order valence-corrected chi connectivity index (χ1v) is 8.12. The molecular weight excluding hydrogens is 322 g/mol. The molecule has 0 bridgehead atoms. The summed E-state index contributed by atoms with van der Waals surface area (Å²) in [6.07, 6.45) is 5.70. The zero-order valence-electron chi connectivity index (χ0n) is 13.4. The third-order valence-electron chi connectivity index (χ3n) is 3.85. The number of carbonyl (C=O) groups excluding carboxylic acids is 1. The summed E-state index contributed by atoms with van der Waals surface area (Å²) in [5.41, 5.74) is 0.324. The quantitative estimate of drug-likeness (QED) is 0.625. The highest BCUT2D eigenvalue weighted by Crippen LogP contribution is 2.40. The van der Waals surface area contributed by atoms with Crippen LogP contribution in [0.25, 0.3) is 5.82 Å². The molecule has 1 fully saturated rings. The number of aromatic nitrogens is 5. The Bertz CT molecular complexity index is 838. The van der Waals surface area contributed by atoms with E-state index in [-0.39, 0.29) is 5.91 Å². The molecule has 0 atom stereocenters. The van der Waals surface area contributed by atoms with Gasteiger partial charge in [0.25, 0.3) is 5.91 Å². The fourth-order valence-electron chi connectivity index (χ4n) is 2.36. The molecule has 0 saturated heterocycles. The number of nitrogens with zero attached hydrogens (tertiary/aromatic N) is 5. The Balaban J connectivity index is 1.22. The van der Waals surface area contributed by atoms with Gasteiger partial charge < -0.3 is 15.2 Å². The van der Waals surface area contributed by atoms with Crippen LogP contribution in [0.3, 0.4) is 0 Å². The summed E-state index contributed by atoms with van der Waals surface area (Å²) in [6, 6.07) is 7.17. The van der Waals surface area contributed by atoms with Crippen molar-refractivity contribution >= 4 is 11.7 Å². The minimum absolute atomic E-state index is 0.238. The van der Waals surface area contributed by atoms with E-state index in [1.165, 1.54) is 0 Å². The van der Waals surface area contributed by atoms with Crippen LogP contribution in [-0.2, 0) is 0 Å². The van der Waals surface area contributed by atoms with Crippen molar-refractivity contribution in [3.63, 3.8) is 0 Å². The van der Waals surface area contributed by atoms with Gasteiger partial charge >= 0.3 is 0 Å². The Labute approximate surface area is 143 Å². The predicted molar refractivity (Wildman–Crippen MR) is 88.5 cm³/mol. The lowest BCUT2D eigenvalue weighted by atomic mass is 10.3. The average molecular weight is 339 g/mol. The van der Waals surface area contributed by atoms with Crippen LogP contribution in [0, 0.1) is 0 Å². The molecule has 1 aliphatic carbocycles. The molecule has 3 aromatic heterocycles. The average Bonchev–Trinajstić information content (AvgIpc) is 3.14. The van der Waals surface area contributed by atoms with E-state index in [0.717, 1.165) is 18.6 Å². The van der Waals surface area contributed by atoms with Crippen molar-refractivity contribution < 1.29 is 9.32 Å². The van der Waals surface area contributed by atoms with Gasteiger partial charge in [0, 0.05) is 37.5 Å². The van der Waals surface area contributed by atoms with Crippen LogP contribution in [0.1, 0.15) is 35.0 Å². The predicted octanol–water partition coefficient (Wildman–Crippen LogP) is 1.37. The van der Waals surface area contributed by atoms with Crippen LogP contribution in [0.4, 0.5) is 5.82 Å². The molecule has 3 heterocycles. The summed E-state index contributed by atoms with van der Waals surface area (Å²) in [5.74, 6) is 2.27. The molecule has 128 valence electrons. The second-order valence-corrected chi connectivity index (χ2v) is 5.80. The second-order valence-electron chi connectivity index (χ2n) is 5.80. The molecule has 0 radical (unpaired) electrons. The van der Waals surface area contributed by atoms with E-state index >= 15 is 0 Å². The fraction of sp³-hybridized carbons (Fsp3) is 0.312. The molecule has 2 N–H and O–H groups in total. The van der Waals surface area contributed by atoms with Gasteiger partial charge in [0.1, 0.15) is 11.6 Å². The number of hydrogen-bond donors (Lipinski definition) is 2. The number of carbonyl (C=O) groups is 1. The lowest BCUT2D eigenvalue weighted by Crippen LogP contribution is -2.29. The molecule has 0 aliphatic heterocycles. The van der Waals surface area contributed by atoms with Crippen molar-refractivity contribution in [3.05, 3.63) is 48.1 Å². The maximum atomic E-state index is 12.0. The van der Waals surface area contributed by atoms with Crippen LogP contribution in [0.5, 0.6) is 0 Å². The number of nitrogens with one attached hydrogen (secondary N) is 2. The minimum atomic E-state index is -0.238. The van der Waals surface area contributed by atoms with Crippen molar-refractivity contribution in [2.24, 2.45) is 0 Å². The molecule has 1 saturated carbocycles. The SMILES string of the molecule is O=C(NCCNc1ccc(-n2cccn2)nn1)c1cc(C2CC2)on1. The Hall–Kier alpha value is -3.23. The highest BCUT2D eigenvalue weighted by molar-refractivity contribution is 5.92. The van der Waals surface area contributed by atoms with Crippen LogP contribution >= 0.6 is 0 Å². The highest BCUT2D eigenvalue weighted by Gasteiger charge is 2.28. The van der Waals surface area contributed by atoms with Gasteiger partial charge in [-0.15, -0.1) is 10.2 Å². The molecule has 9 heteroatoms. The number of hydrogen-bond acceptors (Lipinski definition) is 7. The van der Waals surface area contributed by atoms with E-state index in [0.29, 0.717) is 36.3 Å². The van der Waals surface area contributed by atoms with Crippen LogP contribution in [-0.4, -0.2) is 44.1 Å². The van der Waals surface area contributed by atoms with Crippen molar-refractivity contribution in [2.75, 3.05) is 18.4 Å².